The standard InChI is InChI=1S/C17H19BrN2/c1-12(13-5-7-19-8-6-13)20-17-10-15(11-17)14-3-2-4-16(18)9-14/h2-9,12,15,17,20H,10-11H2,1H3/t12-,15?,17?/m0/s1. The first kappa shape index (κ1) is 13.8. The fraction of sp³-hybridized carbons (Fsp3) is 0.353. The van der Waals surface area contributed by atoms with Gasteiger partial charge in [0.05, 0.1) is 0 Å². The van der Waals surface area contributed by atoms with Crippen molar-refractivity contribution in [2.24, 2.45) is 0 Å². The smallest absolute Gasteiger partial charge is 0.0295 e. The van der Waals surface area contributed by atoms with Crippen LogP contribution in [0.25, 0.3) is 0 Å². The van der Waals surface area contributed by atoms with Crippen molar-refractivity contribution in [3.63, 3.8) is 0 Å². The fourth-order valence-corrected chi connectivity index (χ4v) is 3.31. The molecule has 0 aliphatic heterocycles. The van der Waals surface area contributed by atoms with Gasteiger partial charge in [0.1, 0.15) is 0 Å². The molecule has 1 atom stereocenters. The van der Waals surface area contributed by atoms with Crippen LogP contribution < -0.4 is 5.32 Å². The van der Waals surface area contributed by atoms with Crippen molar-refractivity contribution in [2.75, 3.05) is 0 Å². The number of nitrogens with one attached hydrogen (secondary N) is 1. The Morgan fingerprint density at radius 3 is 2.65 bits per heavy atom. The first-order valence-corrected chi connectivity index (χ1v) is 7.93. The molecule has 1 aromatic carbocycles. The van der Waals surface area contributed by atoms with Gasteiger partial charge in [-0.25, -0.2) is 0 Å². The van der Waals surface area contributed by atoms with Gasteiger partial charge in [0, 0.05) is 29.0 Å². The molecule has 1 heterocycles. The highest BCUT2D eigenvalue weighted by atomic mass is 79.9. The van der Waals surface area contributed by atoms with E-state index in [1.54, 1.807) is 0 Å². The molecule has 0 spiro atoms. The number of aromatic nitrogens is 1. The first-order valence-electron chi connectivity index (χ1n) is 7.14. The van der Waals surface area contributed by atoms with Crippen LogP contribution in [0, 0.1) is 0 Å². The highest BCUT2D eigenvalue weighted by molar-refractivity contribution is 9.10. The van der Waals surface area contributed by atoms with E-state index in [4.69, 9.17) is 0 Å². The predicted molar refractivity (Wildman–Crippen MR) is 85.7 cm³/mol. The van der Waals surface area contributed by atoms with Crippen molar-refractivity contribution >= 4 is 15.9 Å². The minimum atomic E-state index is 0.395. The van der Waals surface area contributed by atoms with E-state index in [1.807, 2.05) is 12.4 Å². The maximum absolute atomic E-state index is 4.07. The lowest BCUT2D eigenvalue weighted by Crippen LogP contribution is -2.41. The van der Waals surface area contributed by atoms with Gasteiger partial charge >= 0.3 is 0 Å². The molecule has 2 aromatic rings. The van der Waals surface area contributed by atoms with Gasteiger partial charge < -0.3 is 5.32 Å². The molecule has 0 amide bonds. The van der Waals surface area contributed by atoms with E-state index in [0.29, 0.717) is 18.0 Å². The van der Waals surface area contributed by atoms with Gasteiger partial charge in [0.2, 0.25) is 0 Å². The molecular formula is C17H19BrN2. The number of halogens is 1. The SMILES string of the molecule is C[C@H](NC1CC(c2cccc(Br)c2)C1)c1ccncc1. The molecule has 104 valence electrons. The molecule has 2 nitrogen and oxygen atoms in total. The Hall–Kier alpha value is -1.19. The zero-order chi connectivity index (χ0) is 13.9. The molecule has 3 heteroatoms. The van der Waals surface area contributed by atoms with E-state index in [9.17, 15) is 0 Å². The summed E-state index contributed by atoms with van der Waals surface area (Å²) >= 11 is 3.55. The summed E-state index contributed by atoms with van der Waals surface area (Å²) in [6.07, 6.45) is 6.18. The number of benzene rings is 1. The van der Waals surface area contributed by atoms with Crippen LogP contribution in [-0.2, 0) is 0 Å². The average molecular weight is 331 g/mol. The molecule has 1 N–H and O–H groups in total. The van der Waals surface area contributed by atoms with Gasteiger partial charge in [-0.3, -0.25) is 4.98 Å². The Kier molecular flexibility index (Phi) is 4.18. The Morgan fingerprint density at radius 2 is 1.95 bits per heavy atom. The van der Waals surface area contributed by atoms with Gasteiger partial charge in [-0.05, 0) is 61.1 Å². The average Bonchev–Trinajstić information content (AvgIpc) is 2.43. The summed E-state index contributed by atoms with van der Waals surface area (Å²) < 4.78 is 1.18. The second kappa shape index (κ2) is 6.06. The normalized spacial score (nSPS) is 23.1. The number of rotatable bonds is 4. The Balaban J connectivity index is 1.54. The van der Waals surface area contributed by atoms with Crippen LogP contribution in [-0.4, -0.2) is 11.0 Å². The van der Waals surface area contributed by atoms with Crippen LogP contribution in [0.15, 0.2) is 53.3 Å². The highest BCUT2D eigenvalue weighted by Crippen LogP contribution is 2.38. The maximum atomic E-state index is 4.07. The lowest BCUT2D eigenvalue weighted by molar-refractivity contribution is 0.271. The lowest BCUT2D eigenvalue weighted by Gasteiger charge is -2.38. The first-order chi connectivity index (χ1) is 9.72. The van der Waals surface area contributed by atoms with Crippen LogP contribution in [0.4, 0.5) is 0 Å². The molecule has 0 unspecified atom stereocenters. The third-order valence-electron chi connectivity index (χ3n) is 4.15. The summed E-state index contributed by atoms with van der Waals surface area (Å²) in [5, 5.41) is 3.71. The van der Waals surface area contributed by atoms with E-state index >= 15 is 0 Å². The van der Waals surface area contributed by atoms with Crippen molar-refractivity contribution < 1.29 is 0 Å². The lowest BCUT2D eigenvalue weighted by atomic mass is 9.75. The van der Waals surface area contributed by atoms with Gasteiger partial charge in [-0.1, -0.05) is 28.1 Å². The summed E-state index contributed by atoms with van der Waals surface area (Å²) in [7, 11) is 0. The minimum absolute atomic E-state index is 0.395. The number of hydrogen-bond acceptors (Lipinski definition) is 2. The number of hydrogen-bond donors (Lipinski definition) is 1. The van der Waals surface area contributed by atoms with E-state index in [2.05, 4.69) is 69.6 Å². The molecule has 0 saturated heterocycles. The van der Waals surface area contributed by atoms with Crippen molar-refractivity contribution in [1.29, 1.82) is 0 Å². The molecule has 1 fully saturated rings. The molecule has 1 saturated carbocycles. The number of pyridine rings is 1. The Morgan fingerprint density at radius 1 is 1.20 bits per heavy atom. The van der Waals surface area contributed by atoms with E-state index in [1.165, 1.54) is 28.4 Å². The third kappa shape index (κ3) is 3.10. The van der Waals surface area contributed by atoms with Gasteiger partial charge in [0.25, 0.3) is 0 Å². The Labute approximate surface area is 128 Å². The molecule has 1 aromatic heterocycles. The largest absolute Gasteiger partial charge is 0.307 e. The molecule has 20 heavy (non-hydrogen) atoms. The van der Waals surface area contributed by atoms with Crippen molar-refractivity contribution in [2.45, 2.75) is 37.8 Å². The number of nitrogens with zero attached hydrogens (tertiary/aromatic N) is 1. The van der Waals surface area contributed by atoms with Crippen LogP contribution in [0.3, 0.4) is 0 Å². The predicted octanol–water partition coefficient (Wildman–Crippen LogP) is 4.44. The van der Waals surface area contributed by atoms with E-state index < -0.39 is 0 Å². The molecule has 1 aliphatic carbocycles. The second-order valence-electron chi connectivity index (χ2n) is 5.59. The zero-order valence-corrected chi connectivity index (χ0v) is 13.2. The quantitative estimate of drug-likeness (QED) is 0.896. The summed E-state index contributed by atoms with van der Waals surface area (Å²) in [5.74, 6) is 0.703. The molecule has 0 radical (unpaired) electrons. The Bertz CT molecular complexity index is 564. The topological polar surface area (TPSA) is 24.9 Å². The zero-order valence-electron chi connectivity index (χ0n) is 11.6. The van der Waals surface area contributed by atoms with Gasteiger partial charge in [-0.15, -0.1) is 0 Å². The van der Waals surface area contributed by atoms with Crippen molar-refractivity contribution in [1.82, 2.24) is 10.3 Å². The molecule has 0 bridgehead atoms. The highest BCUT2D eigenvalue weighted by Gasteiger charge is 2.31. The van der Waals surface area contributed by atoms with Gasteiger partial charge in [-0.2, -0.15) is 0 Å². The summed E-state index contributed by atoms with van der Waals surface area (Å²) in [4.78, 5) is 4.07. The fourth-order valence-electron chi connectivity index (χ4n) is 2.89. The van der Waals surface area contributed by atoms with Crippen LogP contribution in [0.5, 0.6) is 0 Å². The summed E-state index contributed by atoms with van der Waals surface area (Å²) in [5.41, 5.74) is 2.76. The monoisotopic (exact) mass is 330 g/mol. The minimum Gasteiger partial charge on any atom is -0.307 e. The van der Waals surface area contributed by atoms with E-state index in [0.717, 1.165) is 0 Å². The molecular weight excluding hydrogens is 312 g/mol. The summed E-state index contributed by atoms with van der Waals surface area (Å²) in [6.45, 7) is 2.22. The molecule has 1 aliphatic rings. The van der Waals surface area contributed by atoms with Crippen molar-refractivity contribution in [3.05, 3.63) is 64.4 Å². The summed E-state index contributed by atoms with van der Waals surface area (Å²) in [6, 6.07) is 13.9. The van der Waals surface area contributed by atoms with Gasteiger partial charge in [0.15, 0.2) is 0 Å². The van der Waals surface area contributed by atoms with Crippen molar-refractivity contribution in [3.8, 4) is 0 Å². The van der Waals surface area contributed by atoms with E-state index in [-0.39, 0.29) is 0 Å². The third-order valence-corrected chi connectivity index (χ3v) is 4.64. The van der Waals surface area contributed by atoms with Crippen LogP contribution >= 0.6 is 15.9 Å². The maximum Gasteiger partial charge on any atom is 0.0295 e. The van der Waals surface area contributed by atoms with Crippen LogP contribution in [0.2, 0.25) is 0 Å². The van der Waals surface area contributed by atoms with Crippen LogP contribution in [0.1, 0.15) is 42.9 Å². The second-order valence-corrected chi connectivity index (χ2v) is 6.50. The molecule has 3 rings (SSSR count).